The number of fused-ring (bicyclic) bond motifs is 1. The third kappa shape index (κ3) is 4.56. The minimum absolute atomic E-state index is 0. The highest BCUT2D eigenvalue weighted by Gasteiger charge is 2.36. The van der Waals surface area contributed by atoms with E-state index in [1.54, 1.807) is 4.57 Å². The van der Waals surface area contributed by atoms with E-state index in [1.807, 2.05) is 19.2 Å². The van der Waals surface area contributed by atoms with Crippen LogP contribution in [0.15, 0.2) is 17.1 Å². The molecule has 0 saturated carbocycles. The summed E-state index contributed by atoms with van der Waals surface area (Å²) in [4.78, 5) is 28.6. The molecule has 4 heterocycles. The molecule has 0 spiro atoms. The van der Waals surface area contributed by atoms with Crippen LogP contribution < -0.4 is 16.2 Å². The van der Waals surface area contributed by atoms with Gasteiger partial charge in [0.15, 0.2) is 0 Å². The standard InChI is InChI=1S/C20H30N4O2.2ClH/c1-14-8-13-24(15-6-9-21-10-7-15)20(26)18(14)19(25)22-16-4-2-11-23-12-3-5-17(16)23;;/h8,13,15-17,21H,2-7,9-12H2,1H3,(H,22,25);2*1H/t16-,17-;;/m0../s1. The Morgan fingerprint density at radius 2 is 1.79 bits per heavy atom. The molecule has 0 aromatic carbocycles. The van der Waals surface area contributed by atoms with Crippen molar-refractivity contribution in [2.24, 2.45) is 0 Å². The number of nitrogens with one attached hydrogen (secondary N) is 2. The first kappa shape index (κ1) is 23.2. The van der Waals surface area contributed by atoms with Gasteiger partial charge in [-0.2, -0.15) is 0 Å². The summed E-state index contributed by atoms with van der Waals surface area (Å²) in [6.45, 7) is 6.00. The van der Waals surface area contributed by atoms with Crippen LogP contribution >= 0.6 is 24.8 Å². The second kappa shape index (κ2) is 10.1. The molecule has 0 bridgehead atoms. The SMILES string of the molecule is Cc1ccn(C2CCNCC2)c(=O)c1C(=O)N[C@H]1CCCN2CCC[C@@H]12.Cl.Cl. The van der Waals surface area contributed by atoms with E-state index in [0.717, 1.165) is 63.8 Å². The number of pyridine rings is 1. The maximum atomic E-state index is 13.1. The molecule has 3 saturated heterocycles. The zero-order valence-electron chi connectivity index (χ0n) is 16.5. The van der Waals surface area contributed by atoms with Gasteiger partial charge in [-0.25, -0.2) is 0 Å². The summed E-state index contributed by atoms with van der Waals surface area (Å²) in [5, 5.41) is 6.54. The number of amides is 1. The zero-order valence-corrected chi connectivity index (χ0v) is 18.1. The van der Waals surface area contributed by atoms with Crippen molar-refractivity contribution in [1.29, 1.82) is 0 Å². The van der Waals surface area contributed by atoms with Gasteiger partial charge in [0.2, 0.25) is 0 Å². The molecule has 0 radical (unpaired) electrons. The van der Waals surface area contributed by atoms with E-state index in [1.165, 1.54) is 6.42 Å². The molecule has 2 atom stereocenters. The van der Waals surface area contributed by atoms with Crippen molar-refractivity contribution in [3.63, 3.8) is 0 Å². The van der Waals surface area contributed by atoms with Gasteiger partial charge in [0.1, 0.15) is 5.56 Å². The Balaban J connectivity index is 0.00000140. The Bertz CT molecular complexity index is 733. The molecular formula is C20H32Cl2N4O2. The van der Waals surface area contributed by atoms with E-state index >= 15 is 0 Å². The lowest BCUT2D eigenvalue weighted by Crippen LogP contribution is -2.53. The minimum atomic E-state index is -0.186. The predicted molar refractivity (Wildman–Crippen MR) is 116 cm³/mol. The topological polar surface area (TPSA) is 66.4 Å². The van der Waals surface area contributed by atoms with Crippen LogP contribution in [0.1, 0.15) is 60.5 Å². The fourth-order valence-corrected chi connectivity index (χ4v) is 4.99. The van der Waals surface area contributed by atoms with Crippen LogP contribution in [0.5, 0.6) is 0 Å². The van der Waals surface area contributed by atoms with Crippen molar-refractivity contribution in [1.82, 2.24) is 20.1 Å². The quantitative estimate of drug-likeness (QED) is 0.771. The Morgan fingerprint density at radius 1 is 1.11 bits per heavy atom. The second-order valence-corrected chi connectivity index (χ2v) is 8.04. The summed E-state index contributed by atoms with van der Waals surface area (Å²) in [6.07, 6.45) is 8.23. The van der Waals surface area contributed by atoms with Crippen LogP contribution in [-0.4, -0.2) is 53.6 Å². The number of halogens is 2. The Labute approximate surface area is 179 Å². The molecular weight excluding hydrogens is 399 g/mol. The number of carbonyl (C=O) groups is 1. The van der Waals surface area contributed by atoms with Gasteiger partial charge in [-0.1, -0.05) is 0 Å². The zero-order chi connectivity index (χ0) is 18.1. The summed E-state index contributed by atoms with van der Waals surface area (Å²) in [7, 11) is 0. The van der Waals surface area contributed by atoms with Crippen LogP contribution in [0, 0.1) is 6.92 Å². The highest BCUT2D eigenvalue weighted by molar-refractivity contribution is 5.95. The van der Waals surface area contributed by atoms with Crippen molar-refractivity contribution >= 4 is 30.7 Å². The third-order valence-electron chi connectivity index (χ3n) is 6.41. The summed E-state index contributed by atoms with van der Waals surface area (Å²) in [6, 6.07) is 2.73. The Hall–Kier alpha value is -1.08. The first-order valence-corrected chi connectivity index (χ1v) is 10.1. The highest BCUT2D eigenvalue weighted by Crippen LogP contribution is 2.27. The van der Waals surface area contributed by atoms with Gasteiger partial charge in [0, 0.05) is 24.3 Å². The fourth-order valence-electron chi connectivity index (χ4n) is 4.99. The molecule has 3 fully saturated rings. The second-order valence-electron chi connectivity index (χ2n) is 8.04. The van der Waals surface area contributed by atoms with Crippen molar-refractivity contribution in [2.75, 3.05) is 26.2 Å². The molecule has 158 valence electrons. The normalized spacial score (nSPS) is 25.3. The molecule has 8 heteroatoms. The van der Waals surface area contributed by atoms with Crippen LogP contribution in [0.25, 0.3) is 0 Å². The number of carbonyl (C=O) groups excluding carboxylic acids is 1. The van der Waals surface area contributed by atoms with E-state index in [2.05, 4.69) is 15.5 Å². The van der Waals surface area contributed by atoms with E-state index in [4.69, 9.17) is 0 Å². The molecule has 6 nitrogen and oxygen atoms in total. The van der Waals surface area contributed by atoms with E-state index in [-0.39, 0.29) is 48.4 Å². The van der Waals surface area contributed by atoms with E-state index in [0.29, 0.717) is 11.6 Å². The van der Waals surface area contributed by atoms with Gasteiger partial charge in [-0.3, -0.25) is 14.5 Å². The summed E-state index contributed by atoms with van der Waals surface area (Å²) in [5.41, 5.74) is 0.978. The lowest BCUT2D eigenvalue weighted by atomic mass is 9.96. The van der Waals surface area contributed by atoms with Gasteiger partial charge in [0.05, 0.1) is 0 Å². The number of aromatic nitrogens is 1. The first-order chi connectivity index (χ1) is 12.6. The van der Waals surface area contributed by atoms with Crippen LogP contribution in [0.4, 0.5) is 0 Å². The molecule has 3 aliphatic heterocycles. The molecule has 0 unspecified atom stereocenters. The van der Waals surface area contributed by atoms with Gasteiger partial charge < -0.3 is 15.2 Å². The van der Waals surface area contributed by atoms with Crippen LogP contribution in [0.2, 0.25) is 0 Å². The van der Waals surface area contributed by atoms with Gasteiger partial charge in [-0.05, 0) is 83.3 Å². The number of nitrogens with zero attached hydrogens (tertiary/aromatic N) is 2. The average Bonchev–Trinajstić information content (AvgIpc) is 3.12. The molecule has 3 aliphatic rings. The molecule has 28 heavy (non-hydrogen) atoms. The van der Waals surface area contributed by atoms with E-state index in [9.17, 15) is 9.59 Å². The maximum absolute atomic E-state index is 13.1. The van der Waals surface area contributed by atoms with Gasteiger partial charge in [-0.15, -0.1) is 24.8 Å². The van der Waals surface area contributed by atoms with Crippen LogP contribution in [0.3, 0.4) is 0 Å². The number of piperidine rings is 2. The number of rotatable bonds is 3. The monoisotopic (exact) mass is 430 g/mol. The lowest BCUT2D eigenvalue weighted by molar-refractivity contribution is 0.0865. The molecule has 1 amide bonds. The number of hydrogen-bond donors (Lipinski definition) is 2. The molecule has 1 aromatic rings. The minimum Gasteiger partial charge on any atom is -0.348 e. The van der Waals surface area contributed by atoms with Crippen molar-refractivity contribution in [3.8, 4) is 0 Å². The molecule has 2 N–H and O–H groups in total. The predicted octanol–water partition coefficient (Wildman–Crippen LogP) is 2.28. The van der Waals surface area contributed by atoms with Crippen LogP contribution in [-0.2, 0) is 0 Å². The lowest BCUT2D eigenvalue weighted by Gasteiger charge is -2.37. The Morgan fingerprint density at radius 3 is 2.50 bits per heavy atom. The summed E-state index contributed by atoms with van der Waals surface area (Å²) >= 11 is 0. The fraction of sp³-hybridized carbons (Fsp3) is 0.700. The highest BCUT2D eigenvalue weighted by atomic mass is 35.5. The summed E-state index contributed by atoms with van der Waals surface area (Å²) in [5.74, 6) is -0.186. The van der Waals surface area contributed by atoms with Crippen molar-refractivity contribution in [2.45, 2.75) is 63.6 Å². The summed E-state index contributed by atoms with van der Waals surface area (Å²) < 4.78 is 1.78. The molecule has 4 rings (SSSR count). The van der Waals surface area contributed by atoms with Crippen molar-refractivity contribution in [3.05, 3.63) is 33.7 Å². The van der Waals surface area contributed by atoms with Crippen molar-refractivity contribution < 1.29 is 4.79 Å². The smallest absolute Gasteiger partial charge is 0.263 e. The molecule has 0 aliphatic carbocycles. The van der Waals surface area contributed by atoms with Gasteiger partial charge in [0.25, 0.3) is 11.5 Å². The Kier molecular flexibility index (Phi) is 8.37. The number of aryl methyl sites for hydroxylation is 1. The maximum Gasteiger partial charge on any atom is 0.263 e. The molecule has 1 aromatic heterocycles. The number of hydrogen-bond acceptors (Lipinski definition) is 4. The largest absolute Gasteiger partial charge is 0.348 e. The van der Waals surface area contributed by atoms with Gasteiger partial charge >= 0.3 is 0 Å². The first-order valence-electron chi connectivity index (χ1n) is 10.1. The average molecular weight is 431 g/mol. The van der Waals surface area contributed by atoms with E-state index < -0.39 is 0 Å². The third-order valence-corrected chi connectivity index (χ3v) is 6.41.